The van der Waals surface area contributed by atoms with Crippen LogP contribution in [0.25, 0.3) is 0 Å². The molecule has 0 amide bonds. The number of rotatable bonds is 33. The topological polar surface area (TPSA) is 159 Å². The van der Waals surface area contributed by atoms with Crippen LogP contribution in [0.3, 0.4) is 0 Å². The van der Waals surface area contributed by atoms with Gasteiger partial charge < -0.3 is 49.4 Å². The molecule has 14 nitrogen and oxygen atoms in total. The van der Waals surface area contributed by atoms with Crippen LogP contribution in [0.15, 0.2) is 0 Å². The van der Waals surface area contributed by atoms with Crippen LogP contribution in [0.1, 0.15) is 111 Å². The standard InChI is InChI=1S/C41H77N5O9/c1-40(2,32-52-36(48)14-20-42-18-12-27-44-23-7-8-24-44)34-54-38(50)16-29-46(22-6-5-11-31-47)30-17-39(51)55-35-41(3,4)33-53-37(49)15-21-43-19-13-28-45-25-9-10-26-45/h42-43,47H,5-35H2,1-4H3. The largest absolute Gasteiger partial charge is 0.465 e. The number of hydrogen-bond acceptors (Lipinski definition) is 14. The second kappa shape index (κ2) is 28.9. The van der Waals surface area contributed by atoms with Crippen molar-refractivity contribution in [2.75, 3.05) is 118 Å². The average Bonchev–Trinajstić information content (AvgIpc) is 3.89. The number of carbonyl (C=O) groups excluding carboxylic acids is 4. The Labute approximate surface area is 332 Å². The van der Waals surface area contributed by atoms with Crippen molar-refractivity contribution in [2.45, 2.75) is 111 Å². The summed E-state index contributed by atoms with van der Waals surface area (Å²) in [5.74, 6) is -1.26. The van der Waals surface area contributed by atoms with E-state index in [1.807, 2.05) is 32.6 Å². The molecule has 55 heavy (non-hydrogen) atoms. The third-order valence-electron chi connectivity index (χ3n) is 9.96. The lowest BCUT2D eigenvalue weighted by atomic mass is 9.96. The van der Waals surface area contributed by atoms with Gasteiger partial charge in [-0.15, -0.1) is 0 Å². The van der Waals surface area contributed by atoms with Gasteiger partial charge in [0.2, 0.25) is 0 Å². The Hall–Kier alpha value is -2.36. The van der Waals surface area contributed by atoms with Crippen molar-refractivity contribution in [3.63, 3.8) is 0 Å². The first-order valence-corrected chi connectivity index (χ1v) is 21.2. The Balaban J connectivity index is 1.59. The van der Waals surface area contributed by atoms with E-state index in [0.29, 0.717) is 52.0 Å². The number of aliphatic hydroxyl groups is 1. The van der Waals surface area contributed by atoms with Crippen molar-refractivity contribution < 1.29 is 43.2 Å². The summed E-state index contributed by atoms with van der Waals surface area (Å²) in [4.78, 5) is 56.9. The Bertz CT molecular complexity index is 989. The fourth-order valence-electron chi connectivity index (χ4n) is 6.43. The van der Waals surface area contributed by atoms with Gasteiger partial charge in [-0.2, -0.15) is 0 Å². The number of unbranched alkanes of at least 4 members (excludes halogenated alkanes) is 2. The van der Waals surface area contributed by atoms with Crippen LogP contribution in [-0.2, 0) is 38.1 Å². The molecule has 2 fully saturated rings. The fourth-order valence-corrected chi connectivity index (χ4v) is 6.43. The molecule has 0 unspecified atom stereocenters. The molecule has 2 rings (SSSR count). The summed E-state index contributed by atoms with van der Waals surface area (Å²) in [6.07, 6.45) is 10.6. The summed E-state index contributed by atoms with van der Waals surface area (Å²) < 4.78 is 22.1. The number of nitrogens with zero attached hydrogens (tertiary/aromatic N) is 3. The van der Waals surface area contributed by atoms with Crippen LogP contribution >= 0.6 is 0 Å². The number of carbonyl (C=O) groups is 4. The first kappa shape index (κ1) is 48.8. The molecule has 320 valence electrons. The normalized spacial score (nSPS) is 15.5. The molecule has 0 aromatic heterocycles. The van der Waals surface area contributed by atoms with Crippen LogP contribution in [-0.4, -0.2) is 162 Å². The van der Waals surface area contributed by atoms with Crippen LogP contribution in [0, 0.1) is 10.8 Å². The van der Waals surface area contributed by atoms with Crippen LogP contribution in [0.4, 0.5) is 0 Å². The molecule has 0 aromatic carbocycles. The van der Waals surface area contributed by atoms with Gasteiger partial charge in [0, 0.05) is 43.6 Å². The van der Waals surface area contributed by atoms with Gasteiger partial charge in [-0.05, 0) is 117 Å². The SMILES string of the molecule is CC(C)(COC(=O)CCNCCCN1CCCC1)COC(=O)CCN(CCCCCO)CCC(=O)OCC(C)(C)COC(=O)CCNCCCN1CCCC1. The van der Waals surface area contributed by atoms with E-state index >= 15 is 0 Å². The number of ether oxygens (including phenoxy) is 4. The Kier molecular flexibility index (Phi) is 25.7. The first-order chi connectivity index (χ1) is 26.4. The maximum absolute atomic E-state index is 12.7. The van der Waals surface area contributed by atoms with E-state index in [0.717, 1.165) is 51.9 Å². The molecule has 0 atom stereocenters. The van der Waals surface area contributed by atoms with E-state index in [1.165, 1.54) is 51.9 Å². The van der Waals surface area contributed by atoms with Crippen molar-refractivity contribution in [1.82, 2.24) is 25.3 Å². The van der Waals surface area contributed by atoms with Gasteiger partial charge >= 0.3 is 23.9 Å². The molecule has 0 bridgehead atoms. The lowest BCUT2D eigenvalue weighted by Gasteiger charge is -2.25. The second-order valence-corrected chi connectivity index (χ2v) is 16.9. The van der Waals surface area contributed by atoms with Crippen LogP contribution in [0.5, 0.6) is 0 Å². The summed E-state index contributed by atoms with van der Waals surface area (Å²) >= 11 is 0. The van der Waals surface area contributed by atoms with E-state index < -0.39 is 10.8 Å². The molecule has 0 radical (unpaired) electrons. The van der Waals surface area contributed by atoms with Crippen molar-refractivity contribution in [1.29, 1.82) is 0 Å². The van der Waals surface area contributed by atoms with Gasteiger partial charge in [0.05, 0.1) is 52.1 Å². The van der Waals surface area contributed by atoms with Gasteiger partial charge in [-0.3, -0.25) is 19.2 Å². The van der Waals surface area contributed by atoms with E-state index in [1.54, 1.807) is 0 Å². The highest BCUT2D eigenvalue weighted by molar-refractivity contribution is 5.71. The summed E-state index contributed by atoms with van der Waals surface area (Å²) in [5.41, 5.74) is -1.06. The van der Waals surface area contributed by atoms with Crippen LogP contribution < -0.4 is 10.6 Å². The smallest absolute Gasteiger partial charge is 0.307 e. The summed E-state index contributed by atoms with van der Waals surface area (Å²) in [7, 11) is 0. The Morgan fingerprint density at radius 1 is 0.527 bits per heavy atom. The lowest BCUT2D eigenvalue weighted by Crippen LogP contribution is -2.33. The molecule has 2 heterocycles. The molecular weight excluding hydrogens is 706 g/mol. The molecule has 0 saturated carbocycles. The number of likely N-dealkylation sites (tertiary alicyclic amines) is 2. The zero-order valence-electron chi connectivity index (χ0n) is 35.0. The molecule has 0 aliphatic carbocycles. The predicted molar refractivity (Wildman–Crippen MR) is 214 cm³/mol. The number of esters is 4. The predicted octanol–water partition coefficient (Wildman–Crippen LogP) is 3.39. The Morgan fingerprint density at radius 2 is 0.909 bits per heavy atom. The van der Waals surface area contributed by atoms with Gasteiger partial charge in [0.1, 0.15) is 0 Å². The highest BCUT2D eigenvalue weighted by Gasteiger charge is 2.25. The summed E-state index contributed by atoms with van der Waals surface area (Å²) in [6, 6.07) is 0. The minimum atomic E-state index is -0.530. The maximum atomic E-state index is 12.7. The lowest BCUT2D eigenvalue weighted by molar-refractivity contribution is -0.153. The van der Waals surface area contributed by atoms with E-state index in [2.05, 4.69) is 20.4 Å². The van der Waals surface area contributed by atoms with Gasteiger partial charge in [-0.1, -0.05) is 27.7 Å². The second-order valence-electron chi connectivity index (χ2n) is 16.9. The van der Waals surface area contributed by atoms with Crippen LogP contribution in [0.2, 0.25) is 0 Å². The average molecular weight is 784 g/mol. The van der Waals surface area contributed by atoms with Gasteiger partial charge in [-0.25, -0.2) is 0 Å². The van der Waals surface area contributed by atoms with Crippen molar-refractivity contribution in [3.05, 3.63) is 0 Å². The van der Waals surface area contributed by atoms with Crippen molar-refractivity contribution in [3.8, 4) is 0 Å². The third kappa shape index (κ3) is 26.2. The molecule has 2 aliphatic heterocycles. The molecule has 14 heteroatoms. The van der Waals surface area contributed by atoms with E-state index in [-0.39, 0.29) is 69.8 Å². The summed E-state index contributed by atoms with van der Waals surface area (Å²) in [6.45, 7) is 19.7. The molecule has 0 spiro atoms. The van der Waals surface area contributed by atoms with E-state index in [4.69, 9.17) is 24.1 Å². The third-order valence-corrected chi connectivity index (χ3v) is 9.96. The molecular formula is C41H77N5O9. The fraction of sp³-hybridized carbons (Fsp3) is 0.902. The maximum Gasteiger partial charge on any atom is 0.307 e. The monoisotopic (exact) mass is 784 g/mol. The number of nitrogens with one attached hydrogen (secondary N) is 2. The summed E-state index contributed by atoms with van der Waals surface area (Å²) in [5, 5.41) is 15.8. The molecule has 3 N–H and O–H groups in total. The number of hydrogen-bond donors (Lipinski definition) is 3. The minimum Gasteiger partial charge on any atom is -0.465 e. The molecule has 2 saturated heterocycles. The van der Waals surface area contributed by atoms with Crippen molar-refractivity contribution in [2.24, 2.45) is 10.8 Å². The van der Waals surface area contributed by atoms with Gasteiger partial charge in [0.25, 0.3) is 0 Å². The minimum absolute atomic E-state index is 0.123. The van der Waals surface area contributed by atoms with E-state index in [9.17, 15) is 19.2 Å². The molecule has 2 aliphatic rings. The molecule has 0 aromatic rings. The Morgan fingerprint density at radius 3 is 1.29 bits per heavy atom. The van der Waals surface area contributed by atoms with Crippen molar-refractivity contribution >= 4 is 23.9 Å². The highest BCUT2D eigenvalue weighted by atomic mass is 16.6. The van der Waals surface area contributed by atoms with Gasteiger partial charge in [0.15, 0.2) is 0 Å². The first-order valence-electron chi connectivity index (χ1n) is 21.2. The zero-order valence-corrected chi connectivity index (χ0v) is 35.0. The number of aliphatic hydroxyl groups excluding tert-OH is 1. The zero-order chi connectivity index (χ0) is 40.2. The highest BCUT2D eigenvalue weighted by Crippen LogP contribution is 2.18. The quantitative estimate of drug-likeness (QED) is 0.0505.